The van der Waals surface area contributed by atoms with Gasteiger partial charge in [-0.2, -0.15) is 0 Å². The summed E-state index contributed by atoms with van der Waals surface area (Å²) in [6, 6.07) is 9.21. The first kappa shape index (κ1) is 17.8. The number of aromatic nitrogens is 1. The standard InChI is InChI=1S/C20H23N3O4/c1-27-17-5-4-16(12-21-17)23-9-8-20(19(23)25)7-6-13-10-14(18(24)22-26)2-3-15(13)11-20/h2-5,10,12,19,25-26H,6-9,11H2,1H3,(H,22,24)/t19?,20-/m0/s1. The van der Waals surface area contributed by atoms with Gasteiger partial charge in [0.2, 0.25) is 5.88 Å². The van der Waals surface area contributed by atoms with Gasteiger partial charge in [-0.25, -0.2) is 10.5 Å². The number of hydrogen-bond acceptors (Lipinski definition) is 6. The Hall–Kier alpha value is -2.64. The summed E-state index contributed by atoms with van der Waals surface area (Å²) in [5.74, 6) is 0.0497. The minimum Gasteiger partial charge on any atom is -0.481 e. The van der Waals surface area contributed by atoms with Gasteiger partial charge >= 0.3 is 0 Å². The number of methoxy groups -OCH3 is 1. The molecule has 1 aromatic heterocycles. The first-order chi connectivity index (χ1) is 13.1. The number of rotatable bonds is 3. The molecule has 1 aliphatic heterocycles. The number of nitrogens with zero attached hydrogens (tertiary/aromatic N) is 2. The summed E-state index contributed by atoms with van der Waals surface area (Å²) in [5.41, 5.74) is 5.08. The van der Waals surface area contributed by atoms with E-state index in [1.54, 1.807) is 30.9 Å². The number of aliphatic hydroxyl groups is 1. The number of hydrogen-bond donors (Lipinski definition) is 3. The molecule has 7 heteroatoms. The summed E-state index contributed by atoms with van der Waals surface area (Å²) in [6.45, 7) is 0.773. The van der Waals surface area contributed by atoms with Crippen LogP contribution < -0.4 is 15.1 Å². The van der Waals surface area contributed by atoms with E-state index in [0.29, 0.717) is 11.4 Å². The van der Waals surface area contributed by atoms with Crippen molar-refractivity contribution in [3.8, 4) is 5.88 Å². The summed E-state index contributed by atoms with van der Waals surface area (Å²) in [5, 5.41) is 19.9. The molecule has 2 aliphatic rings. The third-order valence-electron chi connectivity index (χ3n) is 5.96. The molecule has 0 saturated carbocycles. The second-order valence-electron chi connectivity index (χ2n) is 7.34. The van der Waals surface area contributed by atoms with E-state index in [4.69, 9.17) is 9.94 Å². The fourth-order valence-corrected chi connectivity index (χ4v) is 4.38. The van der Waals surface area contributed by atoms with Gasteiger partial charge < -0.3 is 14.7 Å². The summed E-state index contributed by atoms with van der Waals surface area (Å²) in [7, 11) is 1.58. The highest BCUT2D eigenvalue weighted by molar-refractivity contribution is 5.93. The van der Waals surface area contributed by atoms with E-state index in [1.165, 1.54) is 0 Å². The maximum atomic E-state index is 11.6. The lowest BCUT2D eigenvalue weighted by Gasteiger charge is -2.39. The number of carbonyl (C=O) groups is 1. The first-order valence-electron chi connectivity index (χ1n) is 9.07. The molecule has 2 aromatic rings. The number of fused-ring (bicyclic) bond motifs is 1. The van der Waals surface area contributed by atoms with Crippen molar-refractivity contribution in [2.24, 2.45) is 5.41 Å². The van der Waals surface area contributed by atoms with Gasteiger partial charge in [0.25, 0.3) is 5.91 Å². The van der Waals surface area contributed by atoms with Gasteiger partial charge in [-0.05, 0) is 55.0 Å². The minimum absolute atomic E-state index is 0.201. The molecule has 2 heterocycles. The molecule has 1 amide bonds. The maximum absolute atomic E-state index is 11.6. The number of carbonyl (C=O) groups excluding carboxylic acids is 1. The highest BCUT2D eigenvalue weighted by Crippen LogP contribution is 2.47. The predicted octanol–water partition coefficient (Wildman–Crippen LogP) is 1.91. The van der Waals surface area contributed by atoms with Crippen LogP contribution in [0.2, 0.25) is 0 Å². The normalized spacial score (nSPS) is 24.0. The molecule has 1 unspecified atom stereocenters. The van der Waals surface area contributed by atoms with Gasteiger partial charge in [-0.15, -0.1) is 0 Å². The lowest BCUT2D eigenvalue weighted by atomic mass is 9.69. The highest BCUT2D eigenvalue weighted by atomic mass is 16.5. The Morgan fingerprint density at radius 1 is 1.30 bits per heavy atom. The number of benzene rings is 1. The van der Waals surface area contributed by atoms with Gasteiger partial charge in [0.1, 0.15) is 6.23 Å². The Balaban J connectivity index is 1.56. The number of aliphatic hydroxyl groups excluding tert-OH is 1. The lowest BCUT2D eigenvalue weighted by Crippen LogP contribution is -2.43. The first-order valence-corrected chi connectivity index (χ1v) is 9.07. The number of nitrogens with one attached hydrogen (secondary N) is 1. The van der Waals surface area contributed by atoms with E-state index in [9.17, 15) is 9.90 Å². The van der Waals surface area contributed by atoms with E-state index >= 15 is 0 Å². The number of anilines is 1. The van der Waals surface area contributed by atoms with Gasteiger partial charge in [-0.3, -0.25) is 10.0 Å². The van der Waals surface area contributed by atoms with Crippen LogP contribution in [0.25, 0.3) is 0 Å². The third kappa shape index (κ3) is 3.02. The zero-order valence-electron chi connectivity index (χ0n) is 15.2. The van der Waals surface area contributed by atoms with Crippen LogP contribution in [0.3, 0.4) is 0 Å². The van der Waals surface area contributed by atoms with Gasteiger partial charge in [0, 0.05) is 23.6 Å². The average molecular weight is 369 g/mol. The van der Waals surface area contributed by atoms with Crippen LogP contribution in [0, 0.1) is 5.41 Å². The van der Waals surface area contributed by atoms with Crippen molar-refractivity contribution >= 4 is 11.6 Å². The zero-order valence-corrected chi connectivity index (χ0v) is 15.2. The zero-order chi connectivity index (χ0) is 19.0. The van der Waals surface area contributed by atoms with Gasteiger partial charge in [0.05, 0.1) is 19.0 Å². The molecule has 3 N–H and O–H groups in total. The lowest BCUT2D eigenvalue weighted by molar-refractivity contribution is 0.0428. The Kier molecular flexibility index (Phi) is 4.49. The number of pyridine rings is 1. The fraction of sp³-hybridized carbons (Fsp3) is 0.400. The Bertz CT molecular complexity index is 855. The number of ether oxygens (including phenoxy) is 1. The van der Waals surface area contributed by atoms with E-state index in [1.807, 2.05) is 23.1 Å². The second-order valence-corrected chi connectivity index (χ2v) is 7.34. The average Bonchev–Trinajstić information content (AvgIpc) is 3.02. The summed E-state index contributed by atoms with van der Waals surface area (Å²) < 4.78 is 5.11. The van der Waals surface area contributed by atoms with Gasteiger partial charge in [0.15, 0.2) is 0 Å². The molecule has 27 heavy (non-hydrogen) atoms. The van der Waals surface area contributed by atoms with Crippen molar-refractivity contribution in [3.05, 3.63) is 53.2 Å². The second kappa shape index (κ2) is 6.83. The van der Waals surface area contributed by atoms with E-state index in [0.717, 1.165) is 49.0 Å². The Labute approximate surface area is 157 Å². The minimum atomic E-state index is -0.582. The molecule has 2 atom stereocenters. The van der Waals surface area contributed by atoms with Crippen molar-refractivity contribution in [1.82, 2.24) is 10.5 Å². The topological polar surface area (TPSA) is 94.9 Å². The number of aryl methyl sites for hydroxylation is 1. The number of amides is 1. The highest BCUT2D eigenvalue weighted by Gasteiger charge is 2.48. The van der Waals surface area contributed by atoms with Crippen LogP contribution >= 0.6 is 0 Å². The van der Waals surface area contributed by atoms with Crippen molar-refractivity contribution in [2.45, 2.75) is 31.9 Å². The molecule has 7 nitrogen and oxygen atoms in total. The molecular formula is C20H23N3O4. The molecule has 1 spiro atoms. The monoisotopic (exact) mass is 369 g/mol. The largest absolute Gasteiger partial charge is 0.481 e. The van der Waals surface area contributed by atoms with Gasteiger partial charge in [-0.1, -0.05) is 6.07 Å². The van der Waals surface area contributed by atoms with Crippen LogP contribution in [-0.4, -0.2) is 41.1 Å². The van der Waals surface area contributed by atoms with Crippen LogP contribution in [0.4, 0.5) is 5.69 Å². The maximum Gasteiger partial charge on any atom is 0.274 e. The fourth-order valence-electron chi connectivity index (χ4n) is 4.38. The molecule has 0 radical (unpaired) electrons. The van der Waals surface area contributed by atoms with Crippen LogP contribution in [0.5, 0.6) is 5.88 Å². The van der Waals surface area contributed by atoms with Crippen LogP contribution in [-0.2, 0) is 12.8 Å². The Morgan fingerprint density at radius 2 is 2.15 bits per heavy atom. The Morgan fingerprint density at radius 3 is 2.85 bits per heavy atom. The van der Waals surface area contributed by atoms with Crippen molar-refractivity contribution < 1.29 is 19.8 Å². The molecule has 4 rings (SSSR count). The predicted molar refractivity (Wildman–Crippen MR) is 98.9 cm³/mol. The van der Waals surface area contributed by atoms with E-state index in [2.05, 4.69) is 4.98 Å². The molecule has 1 saturated heterocycles. The molecular weight excluding hydrogens is 346 g/mol. The summed E-state index contributed by atoms with van der Waals surface area (Å²) in [6.07, 6.45) is 4.47. The quantitative estimate of drug-likeness (QED) is 0.565. The molecule has 1 aliphatic carbocycles. The molecule has 1 aromatic carbocycles. The molecule has 142 valence electrons. The smallest absolute Gasteiger partial charge is 0.274 e. The van der Waals surface area contributed by atoms with E-state index < -0.39 is 12.1 Å². The van der Waals surface area contributed by atoms with Crippen molar-refractivity contribution in [3.63, 3.8) is 0 Å². The van der Waals surface area contributed by atoms with Crippen molar-refractivity contribution in [1.29, 1.82) is 0 Å². The van der Waals surface area contributed by atoms with Crippen LogP contribution in [0.15, 0.2) is 36.5 Å². The molecule has 0 bridgehead atoms. The number of hydroxylamine groups is 1. The van der Waals surface area contributed by atoms with Crippen LogP contribution in [0.1, 0.15) is 34.3 Å². The summed E-state index contributed by atoms with van der Waals surface area (Å²) >= 11 is 0. The van der Waals surface area contributed by atoms with E-state index in [-0.39, 0.29) is 5.41 Å². The SMILES string of the molecule is COc1ccc(N2CC[C@]3(CCc4cc(C(=O)NO)ccc4C3)C2O)cn1. The molecule has 1 fully saturated rings. The van der Waals surface area contributed by atoms with Crippen molar-refractivity contribution in [2.75, 3.05) is 18.6 Å². The third-order valence-corrected chi connectivity index (χ3v) is 5.96. The summed E-state index contributed by atoms with van der Waals surface area (Å²) in [4.78, 5) is 17.9.